The summed E-state index contributed by atoms with van der Waals surface area (Å²) in [4.78, 5) is 16.4. The van der Waals surface area contributed by atoms with E-state index in [9.17, 15) is 23.1 Å². The molecule has 0 aliphatic carbocycles. The summed E-state index contributed by atoms with van der Waals surface area (Å²) in [6, 6.07) is 0.694. The van der Waals surface area contributed by atoms with Crippen LogP contribution in [0.3, 0.4) is 0 Å². The first-order valence-electron chi connectivity index (χ1n) is 6.16. The highest BCUT2D eigenvalue weighted by atomic mass is 19.4. The Morgan fingerprint density at radius 3 is 2.81 bits per heavy atom. The lowest BCUT2D eigenvalue weighted by atomic mass is 10.2. The molecule has 1 aromatic rings. The van der Waals surface area contributed by atoms with Gasteiger partial charge < -0.3 is 15.2 Å². The molecule has 2 N–H and O–H groups in total. The Morgan fingerprint density at radius 1 is 1.57 bits per heavy atom. The number of aliphatic hydroxyl groups is 1. The van der Waals surface area contributed by atoms with Crippen LogP contribution < -0.4 is 10.2 Å². The van der Waals surface area contributed by atoms with E-state index in [1.807, 2.05) is 0 Å². The quantitative estimate of drug-likeness (QED) is 0.891. The van der Waals surface area contributed by atoms with Crippen molar-refractivity contribution in [2.45, 2.75) is 32.0 Å². The summed E-state index contributed by atoms with van der Waals surface area (Å²) in [5, 5.41) is 12.7. The number of rotatable bonds is 3. The lowest BCUT2D eigenvalue weighted by Crippen LogP contribution is -2.50. The van der Waals surface area contributed by atoms with E-state index < -0.39 is 29.7 Å². The summed E-state index contributed by atoms with van der Waals surface area (Å²) in [6.45, 7) is 3.13. The predicted molar refractivity (Wildman–Crippen MR) is 66.3 cm³/mol. The molecule has 9 heteroatoms. The number of nitrogens with one attached hydrogen (secondary N) is 1. The second-order valence-corrected chi connectivity index (χ2v) is 4.61. The molecule has 2 unspecified atom stereocenters. The molecular formula is C12H14F3N3O3. The van der Waals surface area contributed by atoms with Gasteiger partial charge in [0.05, 0.1) is 5.56 Å². The van der Waals surface area contributed by atoms with E-state index in [1.165, 1.54) is 6.92 Å². The summed E-state index contributed by atoms with van der Waals surface area (Å²) in [5.41, 5.74) is -2.82. The molecule has 116 valence electrons. The molecule has 2 atom stereocenters. The lowest BCUT2D eigenvalue weighted by Gasteiger charge is -2.31. The lowest BCUT2D eigenvalue weighted by molar-refractivity contribution is -0.137. The van der Waals surface area contributed by atoms with Gasteiger partial charge in [0.2, 0.25) is 0 Å². The third-order valence-corrected chi connectivity index (χ3v) is 3.04. The van der Waals surface area contributed by atoms with E-state index >= 15 is 0 Å². The number of halogens is 3. The van der Waals surface area contributed by atoms with Crippen molar-refractivity contribution >= 4 is 11.8 Å². The number of pyridine rings is 1. The average Bonchev–Trinajstić information content (AvgIpc) is 2.59. The maximum atomic E-state index is 12.7. The normalized spacial score (nSPS) is 26.1. The number of carbonyl (C=O) groups is 1. The largest absolute Gasteiger partial charge is 0.416 e. The van der Waals surface area contributed by atoms with E-state index in [0.717, 1.165) is 17.2 Å². The van der Waals surface area contributed by atoms with Gasteiger partial charge in [0, 0.05) is 12.8 Å². The minimum absolute atomic E-state index is 0.213. The topological polar surface area (TPSA) is 74.7 Å². The molecule has 6 nitrogen and oxygen atoms in total. The van der Waals surface area contributed by atoms with Gasteiger partial charge in [0.25, 0.3) is 0 Å². The van der Waals surface area contributed by atoms with Crippen LogP contribution in [0.4, 0.5) is 23.8 Å². The van der Waals surface area contributed by atoms with Gasteiger partial charge in [0.1, 0.15) is 5.82 Å². The number of aromatic nitrogens is 1. The first-order chi connectivity index (χ1) is 9.67. The first-order valence-corrected chi connectivity index (χ1v) is 6.16. The zero-order chi connectivity index (χ0) is 15.8. The maximum Gasteiger partial charge on any atom is 0.416 e. The molecule has 0 aromatic carbocycles. The number of ether oxygens (including phenoxy) is 1. The molecule has 1 aliphatic heterocycles. The Bertz CT molecular complexity index is 548. The highest BCUT2D eigenvalue weighted by Crippen LogP contribution is 2.34. The molecule has 1 aliphatic rings. The highest BCUT2D eigenvalue weighted by molar-refractivity contribution is 5.95. The van der Waals surface area contributed by atoms with E-state index in [4.69, 9.17) is 4.74 Å². The summed E-state index contributed by atoms with van der Waals surface area (Å²) in [7, 11) is 0. The molecule has 1 saturated heterocycles. The Balaban J connectivity index is 2.39. The third kappa shape index (κ3) is 2.79. The van der Waals surface area contributed by atoms with Crippen LogP contribution in [0.2, 0.25) is 0 Å². The van der Waals surface area contributed by atoms with E-state index in [1.54, 1.807) is 6.92 Å². The molecule has 0 bridgehead atoms. The summed E-state index contributed by atoms with van der Waals surface area (Å²) >= 11 is 0. The van der Waals surface area contributed by atoms with Crippen molar-refractivity contribution in [3.63, 3.8) is 0 Å². The molecule has 1 fully saturated rings. The molecule has 0 spiro atoms. The molecular weight excluding hydrogens is 291 g/mol. The van der Waals surface area contributed by atoms with Gasteiger partial charge in [-0.15, -0.1) is 0 Å². The summed E-state index contributed by atoms with van der Waals surface area (Å²) in [6.07, 6.45) is -4.71. The fourth-order valence-electron chi connectivity index (χ4n) is 2.06. The minimum atomic E-state index is -4.57. The van der Waals surface area contributed by atoms with Crippen LogP contribution in [0.1, 0.15) is 19.4 Å². The molecule has 2 heterocycles. The number of anilines is 1. The van der Waals surface area contributed by atoms with Crippen molar-refractivity contribution < 1.29 is 27.8 Å². The third-order valence-electron chi connectivity index (χ3n) is 3.04. The van der Waals surface area contributed by atoms with Gasteiger partial charge >= 0.3 is 12.2 Å². The summed E-state index contributed by atoms with van der Waals surface area (Å²) in [5.74, 6) is -0.311. The van der Waals surface area contributed by atoms with E-state index in [2.05, 4.69) is 10.3 Å². The second-order valence-electron chi connectivity index (χ2n) is 4.61. The zero-order valence-corrected chi connectivity index (χ0v) is 11.3. The van der Waals surface area contributed by atoms with Crippen LogP contribution in [0.25, 0.3) is 0 Å². The SMILES string of the molecule is CCOC1NC(=O)N(c2cc(C(F)(F)F)ccn2)C1(C)O. The number of hydrogen-bond acceptors (Lipinski definition) is 4. The highest BCUT2D eigenvalue weighted by Gasteiger charge is 2.51. The first kappa shape index (κ1) is 15.5. The molecule has 1 aromatic heterocycles. The van der Waals surface area contributed by atoms with Crippen LogP contribution in [0.5, 0.6) is 0 Å². The Kier molecular flexibility index (Phi) is 3.81. The van der Waals surface area contributed by atoms with Crippen LogP contribution in [-0.2, 0) is 10.9 Å². The van der Waals surface area contributed by atoms with Crippen LogP contribution in [0.15, 0.2) is 18.3 Å². The number of carbonyl (C=O) groups excluding carboxylic acids is 1. The summed E-state index contributed by atoms with van der Waals surface area (Å²) < 4.78 is 43.3. The average molecular weight is 305 g/mol. The molecule has 0 saturated carbocycles. The monoisotopic (exact) mass is 305 g/mol. The van der Waals surface area contributed by atoms with Crippen molar-refractivity contribution in [3.05, 3.63) is 23.9 Å². The Labute approximate surface area is 118 Å². The van der Waals surface area contributed by atoms with E-state index in [0.29, 0.717) is 6.07 Å². The fraction of sp³-hybridized carbons (Fsp3) is 0.500. The maximum absolute atomic E-state index is 12.7. The van der Waals surface area contributed by atoms with Crippen LogP contribution in [0, 0.1) is 0 Å². The van der Waals surface area contributed by atoms with Crippen molar-refractivity contribution in [3.8, 4) is 0 Å². The minimum Gasteiger partial charge on any atom is -0.367 e. The van der Waals surface area contributed by atoms with Crippen molar-refractivity contribution in [1.82, 2.24) is 10.3 Å². The molecule has 2 rings (SSSR count). The smallest absolute Gasteiger partial charge is 0.367 e. The predicted octanol–water partition coefficient (Wildman–Crippen LogP) is 1.70. The molecule has 0 radical (unpaired) electrons. The zero-order valence-electron chi connectivity index (χ0n) is 11.3. The number of hydrogen-bond donors (Lipinski definition) is 2. The second kappa shape index (κ2) is 5.15. The molecule has 2 amide bonds. The number of urea groups is 1. The molecule has 21 heavy (non-hydrogen) atoms. The number of alkyl halides is 3. The number of amides is 2. The number of nitrogens with zero attached hydrogens (tertiary/aromatic N) is 2. The van der Waals surface area contributed by atoms with Crippen molar-refractivity contribution in [2.24, 2.45) is 0 Å². The van der Waals surface area contributed by atoms with Gasteiger partial charge in [-0.3, -0.25) is 0 Å². The van der Waals surface area contributed by atoms with Gasteiger partial charge in [0.15, 0.2) is 12.0 Å². The fourth-order valence-corrected chi connectivity index (χ4v) is 2.06. The van der Waals surface area contributed by atoms with Gasteiger partial charge in [-0.1, -0.05) is 0 Å². The van der Waals surface area contributed by atoms with E-state index in [-0.39, 0.29) is 12.4 Å². The standard InChI is InChI=1S/C12H14F3N3O3/c1-3-21-9-11(2,20)18(10(19)17-9)8-6-7(4-5-16-8)12(13,14)15/h4-6,9,20H,3H2,1-2H3,(H,17,19). The Morgan fingerprint density at radius 2 is 2.24 bits per heavy atom. The van der Waals surface area contributed by atoms with Crippen molar-refractivity contribution in [1.29, 1.82) is 0 Å². The van der Waals surface area contributed by atoms with Gasteiger partial charge in [-0.25, -0.2) is 14.7 Å². The van der Waals surface area contributed by atoms with Crippen molar-refractivity contribution in [2.75, 3.05) is 11.5 Å². The Hall–Kier alpha value is -1.87. The van der Waals surface area contributed by atoms with Crippen LogP contribution >= 0.6 is 0 Å². The van der Waals surface area contributed by atoms with Gasteiger partial charge in [-0.2, -0.15) is 13.2 Å². The van der Waals surface area contributed by atoms with Crippen LogP contribution in [-0.4, -0.2) is 34.7 Å². The van der Waals surface area contributed by atoms with Gasteiger partial charge in [-0.05, 0) is 26.0 Å².